The van der Waals surface area contributed by atoms with Gasteiger partial charge in [-0.2, -0.15) is 18.4 Å². The second kappa shape index (κ2) is 7.55. The second-order valence-corrected chi connectivity index (χ2v) is 6.08. The number of hydrogen-bond donors (Lipinski definition) is 0. The number of nitriles is 1. The first-order chi connectivity index (χ1) is 11.7. The largest absolute Gasteiger partial charge is 0.449 e. The van der Waals surface area contributed by atoms with Crippen molar-refractivity contribution < 1.29 is 27.5 Å². The maximum Gasteiger partial charge on any atom is 0.422 e. The highest BCUT2D eigenvalue weighted by atomic mass is 19.4. The number of alkyl halides is 3. The predicted molar refractivity (Wildman–Crippen MR) is 81.0 cm³/mol. The van der Waals surface area contributed by atoms with E-state index >= 15 is 0 Å². The third-order valence-corrected chi connectivity index (χ3v) is 4.02. The fraction of sp³-hybridized carbons (Fsp3) is 0.471. The van der Waals surface area contributed by atoms with Gasteiger partial charge in [0.25, 0.3) is 0 Å². The molecule has 1 aliphatic heterocycles. The van der Waals surface area contributed by atoms with Crippen molar-refractivity contribution in [1.29, 1.82) is 5.26 Å². The standard InChI is InChI=1S/C17H17F3N2O3/c1-11-5-6-14(13-4-2-3-12(7-13)8-21)22(9-11)15(23)16(24)25-10-17(18,19)20/h2-4,7,11,14H,5-6,9-10H2,1H3/t11-,14+/m0/s1. The zero-order valence-electron chi connectivity index (χ0n) is 13.5. The lowest BCUT2D eigenvalue weighted by molar-refractivity contribution is -0.190. The highest BCUT2D eigenvalue weighted by molar-refractivity contribution is 6.32. The fourth-order valence-corrected chi connectivity index (χ4v) is 2.87. The Bertz CT molecular complexity index is 697. The van der Waals surface area contributed by atoms with E-state index in [1.807, 2.05) is 13.0 Å². The summed E-state index contributed by atoms with van der Waals surface area (Å²) in [5, 5.41) is 9.00. The van der Waals surface area contributed by atoms with Crippen LogP contribution in [0.5, 0.6) is 0 Å². The average Bonchev–Trinajstić information content (AvgIpc) is 2.58. The summed E-state index contributed by atoms with van der Waals surface area (Å²) >= 11 is 0. The minimum absolute atomic E-state index is 0.106. The Morgan fingerprint density at radius 2 is 2.08 bits per heavy atom. The van der Waals surface area contributed by atoms with E-state index in [0.29, 0.717) is 17.5 Å². The van der Waals surface area contributed by atoms with Crippen molar-refractivity contribution in [3.05, 3.63) is 35.4 Å². The van der Waals surface area contributed by atoms with E-state index in [1.54, 1.807) is 24.3 Å². The molecule has 1 heterocycles. The van der Waals surface area contributed by atoms with Gasteiger partial charge in [-0.15, -0.1) is 0 Å². The number of nitrogens with zero attached hydrogens (tertiary/aromatic N) is 2. The summed E-state index contributed by atoms with van der Waals surface area (Å²) in [6, 6.07) is 8.13. The van der Waals surface area contributed by atoms with Gasteiger partial charge in [-0.1, -0.05) is 19.1 Å². The molecule has 1 saturated heterocycles. The van der Waals surface area contributed by atoms with Crippen LogP contribution in [-0.2, 0) is 14.3 Å². The van der Waals surface area contributed by atoms with Crippen molar-refractivity contribution in [3.8, 4) is 6.07 Å². The molecule has 134 valence electrons. The summed E-state index contributed by atoms with van der Waals surface area (Å²) in [5.74, 6) is -2.51. The van der Waals surface area contributed by atoms with Crippen LogP contribution in [-0.4, -0.2) is 36.1 Å². The number of rotatable bonds is 2. The maximum absolute atomic E-state index is 12.3. The number of piperidine rings is 1. The summed E-state index contributed by atoms with van der Waals surface area (Å²) in [6.07, 6.45) is -3.34. The Balaban J connectivity index is 2.20. The zero-order valence-corrected chi connectivity index (χ0v) is 13.5. The Morgan fingerprint density at radius 3 is 2.72 bits per heavy atom. The van der Waals surface area contributed by atoms with E-state index in [-0.39, 0.29) is 12.5 Å². The van der Waals surface area contributed by atoms with Crippen LogP contribution in [0.1, 0.15) is 36.9 Å². The van der Waals surface area contributed by atoms with E-state index < -0.39 is 30.7 Å². The van der Waals surface area contributed by atoms with Crippen LogP contribution in [0.3, 0.4) is 0 Å². The highest BCUT2D eigenvalue weighted by Crippen LogP contribution is 2.33. The topological polar surface area (TPSA) is 70.4 Å². The van der Waals surface area contributed by atoms with Crippen molar-refractivity contribution in [3.63, 3.8) is 0 Å². The van der Waals surface area contributed by atoms with Gasteiger partial charge in [0.15, 0.2) is 6.61 Å². The Kier molecular flexibility index (Phi) is 5.67. The van der Waals surface area contributed by atoms with Gasteiger partial charge < -0.3 is 9.64 Å². The first-order valence-corrected chi connectivity index (χ1v) is 7.76. The summed E-state index contributed by atoms with van der Waals surface area (Å²) in [5.41, 5.74) is 1.08. The molecule has 1 fully saturated rings. The zero-order chi connectivity index (χ0) is 18.6. The third-order valence-electron chi connectivity index (χ3n) is 4.02. The van der Waals surface area contributed by atoms with Crippen LogP contribution in [0.2, 0.25) is 0 Å². The van der Waals surface area contributed by atoms with E-state index in [9.17, 15) is 22.8 Å². The molecular weight excluding hydrogens is 337 g/mol. The first-order valence-electron chi connectivity index (χ1n) is 7.76. The Labute approximate surface area is 143 Å². The Morgan fingerprint density at radius 1 is 1.36 bits per heavy atom. The molecule has 0 N–H and O–H groups in total. The molecule has 2 rings (SSSR count). The summed E-state index contributed by atoms with van der Waals surface area (Å²) in [7, 11) is 0. The van der Waals surface area contributed by atoms with Crippen LogP contribution in [0.25, 0.3) is 0 Å². The molecule has 1 aromatic carbocycles. The summed E-state index contributed by atoms with van der Waals surface area (Å²) in [4.78, 5) is 25.3. The molecule has 0 saturated carbocycles. The van der Waals surface area contributed by atoms with Crippen molar-refractivity contribution >= 4 is 11.9 Å². The van der Waals surface area contributed by atoms with Gasteiger partial charge in [-0.05, 0) is 36.5 Å². The lowest BCUT2D eigenvalue weighted by Gasteiger charge is -2.38. The third kappa shape index (κ3) is 4.95. The number of benzene rings is 1. The number of carbonyl (C=O) groups excluding carboxylic acids is 2. The van der Waals surface area contributed by atoms with E-state index in [1.165, 1.54) is 4.90 Å². The Hall–Kier alpha value is -2.56. The van der Waals surface area contributed by atoms with Crippen molar-refractivity contribution in [2.75, 3.05) is 13.2 Å². The molecule has 2 atom stereocenters. The van der Waals surface area contributed by atoms with Gasteiger partial charge in [0.2, 0.25) is 0 Å². The fourth-order valence-electron chi connectivity index (χ4n) is 2.87. The normalized spacial score (nSPS) is 20.7. The highest BCUT2D eigenvalue weighted by Gasteiger charge is 2.37. The lowest BCUT2D eigenvalue weighted by Crippen LogP contribution is -2.45. The first kappa shape index (κ1) is 18.8. The van der Waals surface area contributed by atoms with Gasteiger partial charge >= 0.3 is 18.1 Å². The molecule has 0 aliphatic carbocycles. The van der Waals surface area contributed by atoms with Crippen molar-refractivity contribution in [1.82, 2.24) is 4.90 Å². The molecule has 1 amide bonds. The average molecular weight is 354 g/mol. The van der Waals surface area contributed by atoms with Crippen LogP contribution in [0, 0.1) is 17.2 Å². The molecule has 0 aromatic heterocycles. The van der Waals surface area contributed by atoms with Crippen LogP contribution in [0.15, 0.2) is 24.3 Å². The molecule has 8 heteroatoms. The van der Waals surface area contributed by atoms with Crippen LogP contribution in [0.4, 0.5) is 13.2 Å². The number of amides is 1. The summed E-state index contributed by atoms with van der Waals surface area (Å²) in [6.45, 7) is 0.334. The van der Waals surface area contributed by atoms with Crippen LogP contribution >= 0.6 is 0 Å². The molecule has 1 aromatic rings. The molecule has 25 heavy (non-hydrogen) atoms. The molecule has 0 radical (unpaired) electrons. The number of carbonyl (C=O) groups is 2. The molecule has 0 bridgehead atoms. The van der Waals surface area contributed by atoms with Crippen molar-refractivity contribution in [2.45, 2.75) is 32.0 Å². The number of ether oxygens (including phenoxy) is 1. The molecule has 0 spiro atoms. The molecule has 0 unspecified atom stereocenters. The smallest absolute Gasteiger partial charge is 0.422 e. The monoisotopic (exact) mass is 354 g/mol. The van der Waals surface area contributed by atoms with E-state index in [0.717, 1.165) is 6.42 Å². The number of halogens is 3. The minimum Gasteiger partial charge on any atom is -0.449 e. The maximum atomic E-state index is 12.3. The second-order valence-electron chi connectivity index (χ2n) is 6.08. The van der Waals surface area contributed by atoms with Gasteiger partial charge in [-0.25, -0.2) is 4.79 Å². The van der Waals surface area contributed by atoms with Gasteiger partial charge in [0, 0.05) is 6.54 Å². The number of hydrogen-bond acceptors (Lipinski definition) is 4. The molecular formula is C17H17F3N2O3. The quantitative estimate of drug-likeness (QED) is 0.605. The summed E-state index contributed by atoms with van der Waals surface area (Å²) < 4.78 is 40.6. The molecule has 5 nitrogen and oxygen atoms in total. The van der Waals surface area contributed by atoms with E-state index in [2.05, 4.69) is 4.74 Å². The lowest BCUT2D eigenvalue weighted by atomic mass is 9.89. The van der Waals surface area contributed by atoms with Crippen LogP contribution < -0.4 is 0 Å². The van der Waals surface area contributed by atoms with Gasteiger partial charge in [0.05, 0.1) is 17.7 Å². The van der Waals surface area contributed by atoms with E-state index in [4.69, 9.17) is 5.26 Å². The molecule has 1 aliphatic rings. The van der Waals surface area contributed by atoms with Crippen molar-refractivity contribution in [2.24, 2.45) is 5.92 Å². The van der Waals surface area contributed by atoms with Gasteiger partial charge in [-0.3, -0.25) is 4.79 Å². The number of esters is 1. The van der Waals surface area contributed by atoms with Gasteiger partial charge in [0.1, 0.15) is 0 Å². The number of likely N-dealkylation sites (tertiary alicyclic amines) is 1. The minimum atomic E-state index is -4.69. The predicted octanol–water partition coefficient (Wildman–Crippen LogP) is 2.96. The SMILES string of the molecule is C[C@H]1CC[C@H](c2cccc(C#N)c2)N(C(=O)C(=O)OCC(F)(F)F)C1.